The first-order chi connectivity index (χ1) is 15.1. The van der Waals surface area contributed by atoms with Gasteiger partial charge in [-0.3, -0.25) is 0 Å². The first-order valence-electron chi connectivity index (χ1n) is 12.4. The average molecular weight is 434 g/mol. The maximum Gasteiger partial charge on any atom is 0.336 e. The molecular weight excluding hydrogens is 390 g/mol. The molecule has 3 N–H and O–H groups in total. The quantitative estimate of drug-likeness (QED) is 0.183. The number of aromatic carboxylic acids is 2. The Morgan fingerprint density at radius 1 is 0.645 bits per heavy atom. The Bertz CT molecular complexity index is 630. The van der Waals surface area contributed by atoms with Gasteiger partial charge >= 0.3 is 11.9 Å². The monoisotopic (exact) mass is 433 g/mol. The Morgan fingerprint density at radius 3 is 1.48 bits per heavy atom. The Kier molecular flexibility index (Phi) is 15.3. The number of carboxylic acid groups (broad SMARTS) is 2. The molecule has 1 aromatic rings. The zero-order valence-electron chi connectivity index (χ0n) is 19.5. The number of benzene rings is 1. The Hall–Kier alpha value is -2.04. The van der Waals surface area contributed by atoms with Crippen LogP contribution < -0.4 is 5.32 Å². The molecule has 0 atom stereocenters. The average Bonchev–Trinajstić information content (AvgIpc) is 2.75. The van der Waals surface area contributed by atoms with Gasteiger partial charge in [0.1, 0.15) is 0 Å². The highest BCUT2D eigenvalue weighted by Gasteiger charge is 2.16. The standard InChI is InChI=1S/C26H43NO4/c1-2-3-4-5-6-7-8-9-10-11-12-13-14-15-16-17-20-27-22-18-19-23(25(28)29)24(21-22)26(30)31/h18-19,21,27H,2-17,20H2,1H3,(H,28,29)(H,30,31). The van der Waals surface area contributed by atoms with E-state index in [1.165, 1.54) is 102 Å². The van der Waals surface area contributed by atoms with E-state index in [-0.39, 0.29) is 11.1 Å². The Balaban J connectivity index is 1.95. The van der Waals surface area contributed by atoms with E-state index in [9.17, 15) is 9.59 Å². The minimum Gasteiger partial charge on any atom is -0.478 e. The smallest absolute Gasteiger partial charge is 0.336 e. The number of unbranched alkanes of at least 4 members (excludes halogenated alkanes) is 15. The molecule has 0 aliphatic heterocycles. The second-order valence-corrected chi connectivity index (χ2v) is 8.60. The molecule has 0 aliphatic carbocycles. The summed E-state index contributed by atoms with van der Waals surface area (Å²) in [6, 6.07) is 4.38. The maximum absolute atomic E-state index is 11.2. The van der Waals surface area contributed by atoms with E-state index in [1.807, 2.05) is 0 Å². The topological polar surface area (TPSA) is 86.6 Å². The minimum atomic E-state index is -1.22. The van der Waals surface area contributed by atoms with Crippen molar-refractivity contribution in [1.82, 2.24) is 0 Å². The van der Waals surface area contributed by atoms with Crippen molar-refractivity contribution in [3.8, 4) is 0 Å². The van der Waals surface area contributed by atoms with E-state index >= 15 is 0 Å². The Labute approximate surface area is 188 Å². The molecule has 176 valence electrons. The van der Waals surface area contributed by atoms with Crippen LogP contribution >= 0.6 is 0 Å². The molecule has 0 radical (unpaired) electrons. The Morgan fingerprint density at radius 2 is 1.06 bits per heavy atom. The first-order valence-corrected chi connectivity index (χ1v) is 12.4. The summed E-state index contributed by atoms with van der Waals surface area (Å²) in [6.45, 7) is 3.04. The summed E-state index contributed by atoms with van der Waals surface area (Å²) in [5.41, 5.74) is 0.299. The third kappa shape index (κ3) is 13.1. The van der Waals surface area contributed by atoms with Crippen molar-refractivity contribution in [2.45, 2.75) is 110 Å². The van der Waals surface area contributed by atoms with Gasteiger partial charge in [0, 0.05) is 12.2 Å². The number of hydrogen-bond acceptors (Lipinski definition) is 3. The molecule has 0 spiro atoms. The van der Waals surface area contributed by atoms with Crippen LogP contribution in [0.3, 0.4) is 0 Å². The van der Waals surface area contributed by atoms with Crippen LogP contribution in [0.1, 0.15) is 130 Å². The van der Waals surface area contributed by atoms with Gasteiger partial charge in [0.25, 0.3) is 0 Å². The van der Waals surface area contributed by atoms with Gasteiger partial charge < -0.3 is 15.5 Å². The van der Waals surface area contributed by atoms with Crippen LogP contribution in [-0.2, 0) is 0 Å². The zero-order chi connectivity index (χ0) is 22.7. The maximum atomic E-state index is 11.2. The molecule has 0 heterocycles. The molecule has 31 heavy (non-hydrogen) atoms. The SMILES string of the molecule is CCCCCCCCCCCCCCCCCCNc1ccc(C(=O)O)c(C(=O)O)c1. The van der Waals surface area contributed by atoms with Crippen molar-refractivity contribution in [2.24, 2.45) is 0 Å². The summed E-state index contributed by atoms with van der Waals surface area (Å²) >= 11 is 0. The predicted octanol–water partition coefficient (Wildman–Crippen LogP) is 7.76. The highest BCUT2D eigenvalue weighted by atomic mass is 16.4. The largest absolute Gasteiger partial charge is 0.478 e. The molecule has 0 amide bonds. The summed E-state index contributed by atoms with van der Waals surface area (Å²) in [5, 5.41) is 21.4. The van der Waals surface area contributed by atoms with Gasteiger partial charge in [0.2, 0.25) is 0 Å². The van der Waals surface area contributed by atoms with Gasteiger partial charge in [0.15, 0.2) is 0 Å². The van der Waals surface area contributed by atoms with Crippen molar-refractivity contribution >= 4 is 17.6 Å². The fourth-order valence-electron chi connectivity index (χ4n) is 3.92. The first kappa shape index (κ1) is 27.0. The van der Waals surface area contributed by atoms with Crippen LogP contribution in [0, 0.1) is 0 Å². The number of nitrogens with one attached hydrogen (secondary N) is 1. The lowest BCUT2D eigenvalue weighted by atomic mass is 10.0. The lowest BCUT2D eigenvalue weighted by Crippen LogP contribution is -2.09. The summed E-state index contributed by atoms with van der Waals surface area (Å²) in [7, 11) is 0. The number of carboxylic acids is 2. The molecule has 0 saturated carbocycles. The summed E-state index contributed by atoms with van der Waals surface area (Å²) in [5.74, 6) is -2.44. The van der Waals surface area contributed by atoms with Crippen LogP contribution in [-0.4, -0.2) is 28.7 Å². The molecule has 0 bridgehead atoms. The van der Waals surface area contributed by atoms with Crippen LogP contribution in [0.2, 0.25) is 0 Å². The van der Waals surface area contributed by atoms with Crippen molar-refractivity contribution in [3.05, 3.63) is 29.3 Å². The molecule has 0 fully saturated rings. The second-order valence-electron chi connectivity index (χ2n) is 8.60. The molecule has 0 unspecified atom stereocenters. The molecule has 5 heteroatoms. The summed E-state index contributed by atoms with van der Waals surface area (Å²) in [6.07, 6.45) is 21.3. The van der Waals surface area contributed by atoms with Gasteiger partial charge in [-0.25, -0.2) is 9.59 Å². The van der Waals surface area contributed by atoms with Crippen LogP contribution in [0.15, 0.2) is 18.2 Å². The van der Waals surface area contributed by atoms with Gasteiger partial charge in [-0.05, 0) is 24.6 Å². The van der Waals surface area contributed by atoms with Crippen molar-refractivity contribution in [2.75, 3.05) is 11.9 Å². The molecule has 0 saturated heterocycles. The zero-order valence-corrected chi connectivity index (χ0v) is 19.5. The van der Waals surface area contributed by atoms with E-state index in [0.717, 1.165) is 19.4 Å². The molecule has 0 aromatic heterocycles. The number of anilines is 1. The fourth-order valence-corrected chi connectivity index (χ4v) is 3.92. The van der Waals surface area contributed by atoms with Gasteiger partial charge in [-0.1, -0.05) is 103 Å². The van der Waals surface area contributed by atoms with E-state index < -0.39 is 11.9 Å². The molecular formula is C26H43NO4. The highest BCUT2D eigenvalue weighted by molar-refractivity contribution is 6.02. The third-order valence-electron chi connectivity index (χ3n) is 5.84. The highest BCUT2D eigenvalue weighted by Crippen LogP contribution is 2.17. The predicted molar refractivity (Wildman–Crippen MR) is 128 cm³/mol. The summed E-state index contributed by atoms with van der Waals surface area (Å²) < 4.78 is 0. The fraction of sp³-hybridized carbons (Fsp3) is 0.692. The number of hydrogen-bond donors (Lipinski definition) is 3. The van der Waals surface area contributed by atoms with E-state index in [4.69, 9.17) is 10.2 Å². The number of carbonyl (C=O) groups is 2. The van der Waals surface area contributed by atoms with E-state index in [2.05, 4.69) is 12.2 Å². The number of rotatable bonds is 20. The van der Waals surface area contributed by atoms with Crippen molar-refractivity contribution < 1.29 is 19.8 Å². The van der Waals surface area contributed by atoms with Crippen LogP contribution in [0.4, 0.5) is 5.69 Å². The van der Waals surface area contributed by atoms with E-state index in [0.29, 0.717) is 5.69 Å². The molecule has 0 aliphatic rings. The van der Waals surface area contributed by atoms with Crippen LogP contribution in [0.25, 0.3) is 0 Å². The van der Waals surface area contributed by atoms with Crippen molar-refractivity contribution in [3.63, 3.8) is 0 Å². The van der Waals surface area contributed by atoms with Crippen molar-refractivity contribution in [1.29, 1.82) is 0 Å². The second kappa shape index (κ2) is 17.6. The molecule has 1 aromatic carbocycles. The van der Waals surface area contributed by atoms with Gasteiger partial charge in [-0.15, -0.1) is 0 Å². The lowest BCUT2D eigenvalue weighted by Gasteiger charge is -2.09. The van der Waals surface area contributed by atoms with E-state index in [1.54, 1.807) is 6.07 Å². The van der Waals surface area contributed by atoms with Crippen LogP contribution in [0.5, 0.6) is 0 Å². The lowest BCUT2D eigenvalue weighted by molar-refractivity contribution is 0.0651. The molecule has 5 nitrogen and oxygen atoms in total. The minimum absolute atomic E-state index is 0.176. The van der Waals surface area contributed by atoms with Gasteiger partial charge in [-0.2, -0.15) is 0 Å². The third-order valence-corrected chi connectivity index (χ3v) is 5.84. The van der Waals surface area contributed by atoms with Gasteiger partial charge in [0.05, 0.1) is 11.1 Å². The molecule has 1 rings (SSSR count). The summed E-state index contributed by atoms with van der Waals surface area (Å²) in [4.78, 5) is 22.3. The normalized spacial score (nSPS) is 10.9.